The SMILES string of the molecule is Cc1nn(C(C)(C)C)c2nc(C3CC3)cc(C(=O)Nc3cccc(NC(=O)c4ccncc4)c3)c12. The lowest BCUT2D eigenvalue weighted by Crippen LogP contribution is -2.23. The Morgan fingerprint density at radius 2 is 1.63 bits per heavy atom. The van der Waals surface area contributed by atoms with Crippen LogP contribution in [0.4, 0.5) is 11.4 Å². The highest BCUT2D eigenvalue weighted by Gasteiger charge is 2.30. The molecule has 0 bridgehead atoms. The van der Waals surface area contributed by atoms with Gasteiger partial charge in [0.2, 0.25) is 0 Å². The van der Waals surface area contributed by atoms with E-state index in [2.05, 4.69) is 36.4 Å². The molecule has 0 radical (unpaired) electrons. The summed E-state index contributed by atoms with van der Waals surface area (Å²) in [6.07, 6.45) is 5.31. The predicted molar refractivity (Wildman–Crippen MR) is 136 cm³/mol. The van der Waals surface area contributed by atoms with Crippen molar-refractivity contribution in [3.05, 3.63) is 77.4 Å². The second-order valence-electron chi connectivity index (χ2n) is 9.96. The standard InChI is InChI=1S/C27H28N6O2/c1-16-23-21(15-22(17-8-9-17)31-24(23)33(32-16)27(2,3)4)26(35)30-20-7-5-6-19(14-20)29-25(34)18-10-12-28-13-11-18/h5-7,10-15,17H,8-9H2,1-4H3,(H,29,34)(H,30,35). The van der Waals surface area contributed by atoms with Crippen LogP contribution in [-0.4, -0.2) is 31.6 Å². The van der Waals surface area contributed by atoms with E-state index < -0.39 is 0 Å². The number of hydrogen-bond acceptors (Lipinski definition) is 5. The monoisotopic (exact) mass is 468 g/mol. The molecule has 2 amide bonds. The van der Waals surface area contributed by atoms with Crippen LogP contribution in [-0.2, 0) is 5.54 Å². The molecule has 1 saturated carbocycles. The molecule has 0 aliphatic heterocycles. The number of fused-ring (bicyclic) bond motifs is 1. The van der Waals surface area contributed by atoms with Crippen LogP contribution >= 0.6 is 0 Å². The number of amides is 2. The van der Waals surface area contributed by atoms with Crippen molar-refractivity contribution in [1.82, 2.24) is 19.7 Å². The lowest BCUT2D eigenvalue weighted by Gasteiger charge is -2.20. The van der Waals surface area contributed by atoms with Crippen molar-refractivity contribution < 1.29 is 9.59 Å². The van der Waals surface area contributed by atoms with Gasteiger partial charge in [0, 0.05) is 40.9 Å². The molecule has 3 heterocycles. The molecule has 1 aliphatic rings. The van der Waals surface area contributed by atoms with Crippen LogP contribution in [0, 0.1) is 6.92 Å². The summed E-state index contributed by atoms with van der Waals surface area (Å²) in [6.45, 7) is 8.15. The Kier molecular flexibility index (Phi) is 5.59. The highest BCUT2D eigenvalue weighted by atomic mass is 16.2. The summed E-state index contributed by atoms with van der Waals surface area (Å²) >= 11 is 0. The van der Waals surface area contributed by atoms with Crippen LogP contribution in [0.25, 0.3) is 11.0 Å². The summed E-state index contributed by atoms with van der Waals surface area (Å²) in [5.74, 6) is -0.0826. The molecule has 5 rings (SSSR count). The average molecular weight is 469 g/mol. The zero-order chi connectivity index (χ0) is 24.7. The number of rotatable bonds is 5. The van der Waals surface area contributed by atoms with Gasteiger partial charge in [-0.3, -0.25) is 14.6 Å². The lowest BCUT2D eigenvalue weighted by atomic mass is 10.1. The van der Waals surface area contributed by atoms with Gasteiger partial charge in [-0.15, -0.1) is 0 Å². The fraction of sp³-hybridized carbons (Fsp3) is 0.296. The van der Waals surface area contributed by atoms with Gasteiger partial charge >= 0.3 is 0 Å². The van der Waals surface area contributed by atoms with Crippen LogP contribution in [0.5, 0.6) is 0 Å². The second-order valence-corrected chi connectivity index (χ2v) is 9.96. The minimum Gasteiger partial charge on any atom is -0.322 e. The van der Waals surface area contributed by atoms with Crippen molar-refractivity contribution in [2.45, 2.75) is 52.0 Å². The van der Waals surface area contributed by atoms with Crippen LogP contribution in [0.15, 0.2) is 54.9 Å². The normalized spacial score (nSPS) is 13.6. The van der Waals surface area contributed by atoms with Gasteiger partial charge in [-0.25, -0.2) is 9.67 Å². The maximum Gasteiger partial charge on any atom is 0.256 e. The fourth-order valence-electron chi connectivity index (χ4n) is 4.12. The van der Waals surface area contributed by atoms with Gasteiger partial charge in [-0.2, -0.15) is 5.10 Å². The van der Waals surface area contributed by atoms with Crippen molar-refractivity contribution in [2.24, 2.45) is 0 Å². The number of nitrogens with one attached hydrogen (secondary N) is 2. The van der Waals surface area contributed by atoms with Crippen LogP contribution in [0.1, 0.15) is 71.6 Å². The third-order valence-electron chi connectivity index (χ3n) is 6.03. The molecule has 8 nitrogen and oxygen atoms in total. The zero-order valence-corrected chi connectivity index (χ0v) is 20.3. The summed E-state index contributed by atoms with van der Waals surface area (Å²) in [4.78, 5) is 34.9. The number of aromatic nitrogens is 4. The molecule has 0 saturated heterocycles. The topological polar surface area (TPSA) is 102 Å². The Bertz CT molecular complexity index is 1430. The van der Waals surface area contributed by atoms with Gasteiger partial charge < -0.3 is 10.6 Å². The second kappa shape index (κ2) is 8.61. The van der Waals surface area contributed by atoms with E-state index in [1.165, 1.54) is 0 Å². The summed E-state index contributed by atoms with van der Waals surface area (Å²) in [6, 6.07) is 12.3. The van der Waals surface area contributed by atoms with Crippen LogP contribution in [0.2, 0.25) is 0 Å². The molecule has 35 heavy (non-hydrogen) atoms. The van der Waals surface area contributed by atoms with Crippen LogP contribution < -0.4 is 10.6 Å². The molecule has 0 unspecified atom stereocenters. The maximum absolute atomic E-state index is 13.5. The number of anilines is 2. The molecule has 2 N–H and O–H groups in total. The van der Waals surface area contributed by atoms with E-state index >= 15 is 0 Å². The number of aryl methyl sites for hydroxylation is 1. The van der Waals surface area contributed by atoms with Gasteiger partial charge in [0.25, 0.3) is 11.8 Å². The van der Waals surface area contributed by atoms with Crippen molar-refractivity contribution in [1.29, 1.82) is 0 Å². The van der Waals surface area contributed by atoms with E-state index in [0.29, 0.717) is 28.4 Å². The Morgan fingerprint density at radius 1 is 0.971 bits per heavy atom. The predicted octanol–water partition coefficient (Wildman–Crippen LogP) is 5.27. The van der Waals surface area contributed by atoms with Gasteiger partial charge in [-0.1, -0.05) is 6.07 Å². The first-order valence-corrected chi connectivity index (χ1v) is 11.7. The van der Waals surface area contributed by atoms with E-state index in [1.807, 2.05) is 17.7 Å². The van der Waals surface area contributed by atoms with Gasteiger partial charge in [0.15, 0.2) is 5.65 Å². The molecule has 8 heteroatoms. The highest BCUT2D eigenvalue weighted by molar-refractivity contribution is 6.13. The van der Waals surface area contributed by atoms with Crippen molar-refractivity contribution in [3.63, 3.8) is 0 Å². The smallest absolute Gasteiger partial charge is 0.256 e. The largest absolute Gasteiger partial charge is 0.322 e. The molecule has 1 aromatic carbocycles. The fourth-order valence-corrected chi connectivity index (χ4v) is 4.12. The highest BCUT2D eigenvalue weighted by Crippen LogP contribution is 2.41. The van der Waals surface area contributed by atoms with Gasteiger partial charge in [0.05, 0.1) is 22.2 Å². The molecule has 3 aromatic heterocycles. The van der Waals surface area contributed by atoms with E-state index in [-0.39, 0.29) is 17.4 Å². The third-order valence-corrected chi connectivity index (χ3v) is 6.03. The molecule has 0 atom stereocenters. The first-order valence-electron chi connectivity index (χ1n) is 11.7. The average Bonchev–Trinajstić information content (AvgIpc) is 3.62. The van der Waals surface area contributed by atoms with Crippen molar-refractivity contribution in [3.8, 4) is 0 Å². The first kappa shape index (κ1) is 22.7. The number of carbonyl (C=O) groups is 2. The van der Waals surface area contributed by atoms with E-state index in [1.54, 1.807) is 48.8 Å². The molecule has 178 valence electrons. The zero-order valence-electron chi connectivity index (χ0n) is 20.3. The molecule has 0 spiro atoms. The van der Waals surface area contributed by atoms with Gasteiger partial charge in [-0.05, 0) is 76.9 Å². The van der Waals surface area contributed by atoms with Crippen molar-refractivity contribution in [2.75, 3.05) is 10.6 Å². The van der Waals surface area contributed by atoms with E-state index in [4.69, 9.17) is 10.1 Å². The first-order chi connectivity index (χ1) is 16.7. The molecule has 4 aromatic rings. The van der Waals surface area contributed by atoms with E-state index in [9.17, 15) is 9.59 Å². The Labute approximate surface area is 203 Å². The minimum absolute atomic E-state index is 0.228. The Balaban J connectivity index is 1.46. The van der Waals surface area contributed by atoms with Crippen molar-refractivity contribution >= 4 is 34.2 Å². The summed E-state index contributed by atoms with van der Waals surface area (Å²) in [5, 5.41) is 11.4. The molecular weight excluding hydrogens is 440 g/mol. The maximum atomic E-state index is 13.5. The number of hydrogen-bond donors (Lipinski definition) is 2. The molecule has 1 aliphatic carbocycles. The number of pyridine rings is 2. The summed E-state index contributed by atoms with van der Waals surface area (Å²) < 4.78 is 1.91. The number of nitrogens with zero attached hydrogens (tertiary/aromatic N) is 4. The molecular formula is C27H28N6O2. The molecule has 1 fully saturated rings. The van der Waals surface area contributed by atoms with Gasteiger partial charge in [0.1, 0.15) is 0 Å². The minimum atomic E-state index is -0.267. The Hall–Kier alpha value is -4.07. The number of carbonyl (C=O) groups excluding carboxylic acids is 2. The van der Waals surface area contributed by atoms with E-state index in [0.717, 1.165) is 35.3 Å². The van der Waals surface area contributed by atoms with Crippen LogP contribution in [0.3, 0.4) is 0 Å². The summed E-state index contributed by atoms with van der Waals surface area (Å²) in [7, 11) is 0. The third kappa shape index (κ3) is 4.64. The number of benzene rings is 1. The Morgan fingerprint density at radius 3 is 2.26 bits per heavy atom. The summed E-state index contributed by atoms with van der Waals surface area (Å²) in [5.41, 5.74) is 4.42. The quantitative estimate of drug-likeness (QED) is 0.415. The lowest BCUT2D eigenvalue weighted by molar-refractivity contribution is 0.102.